The summed E-state index contributed by atoms with van der Waals surface area (Å²) in [5, 5.41) is 18.8. The van der Waals surface area contributed by atoms with Crippen molar-refractivity contribution in [3.63, 3.8) is 0 Å². The van der Waals surface area contributed by atoms with Crippen LogP contribution in [0.25, 0.3) is 0 Å². The summed E-state index contributed by atoms with van der Waals surface area (Å²) < 4.78 is 0. The van der Waals surface area contributed by atoms with Gasteiger partial charge in [0.2, 0.25) is 0 Å². The van der Waals surface area contributed by atoms with E-state index in [0.29, 0.717) is 6.54 Å². The minimum Gasteiger partial charge on any atom is -0.395 e. The molecule has 7 nitrogen and oxygen atoms in total. The van der Waals surface area contributed by atoms with Gasteiger partial charge in [-0.15, -0.1) is 0 Å². The number of β-amino-alcohol motifs (C(OH)–C–C–N with tert-alkyl or cyclic N) is 1. The Kier molecular flexibility index (Phi) is 5.81. The average Bonchev–Trinajstić information content (AvgIpc) is 2.81. The van der Waals surface area contributed by atoms with Gasteiger partial charge in [-0.3, -0.25) is 9.69 Å². The van der Waals surface area contributed by atoms with Crippen molar-refractivity contribution in [1.82, 2.24) is 14.8 Å². The summed E-state index contributed by atoms with van der Waals surface area (Å²) in [4.78, 5) is 22.0. The van der Waals surface area contributed by atoms with Crippen molar-refractivity contribution in [3.05, 3.63) is 34.0 Å². The quantitative estimate of drug-likeness (QED) is 0.768. The van der Waals surface area contributed by atoms with Gasteiger partial charge in [0.15, 0.2) is 6.23 Å². The number of hydrogen-bond donors (Lipinski definition) is 2. The Labute approximate surface area is 156 Å². The standard InChI is InChI=1S/C16H20Cl2N4O3/c17-13-14(18)16(25)22(15(13)24)10-11-1-2-12(19-9-11)21-5-3-20(4-6-21)7-8-23/h1-2,9,15,23-24H,3-8,10H2. The third-order valence-electron chi connectivity index (χ3n) is 4.45. The van der Waals surface area contributed by atoms with Crippen LogP contribution in [0.5, 0.6) is 0 Å². The van der Waals surface area contributed by atoms with Crippen molar-refractivity contribution in [2.75, 3.05) is 44.2 Å². The number of piperazine rings is 1. The van der Waals surface area contributed by atoms with Crippen LogP contribution in [0.3, 0.4) is 0 Å². The Balaban J connectivity index is 1.59. The van der Waals surface area contributed by atoms with Crippen molar-refractivity contribution in [3.8, 4) is 0 Å². The maximum absolute atomic E-state index is 12.0. The molecule has 1 amide bonds. The molecular weight excluding hydrogens is 367 g/mol. The molecule has 1 fully saturated rings. The highest BCUT2D eigenvalue weighted by atomic mass is 35.5. The van der Waals surface area contributed by atoms with Crippen molar-refractivity contribution in [2.45, 2.75) is 12.8 Å². The number of anilines is 1. The van der Waals surface area contributed by atoms with E-state index in [9.17, 15) is 9.90 Å². The second-order valence-electron chi connectivity index (χ2n) is 6.05. The van der Waals surface area contributed by atoms with Gasteiger partial charge in [0.05, 0.1) is 18.2 Å². The number of aliphatic hydroxyl groups excluding tert-OH is 2. The Hall–Kier alpha value is -1.38. The van der Waals surface area contributed by atoms with Gasteiger partial charge in [0, 0.05) is 38.9 Å². The molecule has 136 valence electrons. The zero-order chi connectivity index (χ0) is 18.0. The van der Waals surface area contributed by atoms with E-state index < -0.39 is 12.1 Å². The van der Waals surface area contributed by atoms with Crippen LogP contribution >= 0.6 is 23.2 Å². The van der Waals surface area contributed by atoms with Crippen molar-refractivity contribution in [1.29, 1.82) is 0 Å². The topological polar surface area (TPSA) is 80.1 Å². The van der Waals surface area contributed by atoms with E-state index in [1.807, 2.05) is 12.1 Å². The fourth-order valence-electron chi connectivity index (χ4n) is 2.98. The molecule has 0 spiro atoms. The first-order chi connectivity index (χ1) is 12.0. The highest BCUT2D eigenvalue weighted by Gasteiger charge is 2.36. The first-order valence-corrected chi connectivity index (χ1v) is 8.84. The van der Waals surface area contributed by atoms with Gasteiger partial charge < -0.3 is 20.0 Å². The number of carbonyl (C=O) groups excluding carboxylic acids is 1. The van der Waals surface area contributed by atoms with Gasteiger partial charge in [-0.2, -0.15) is 0 Å². The lowest BCUT2D eigenvalue weighted by Gasteiger charge is -2.35. The number of rotatable bonds is 5. The third-order valence-corrected chi connectivity index (χ3v) is 5.30. The van der Waals surface area contributed by atoms with Gasteiger partial charge >= 0.3 is 0 Å². The van der Waals surface area contributed by atoms with E-state index in [1.165, 1.54) is 4.90 Å². The van der Waals surface area contributed by atoms with Crippen molar-refractivity contribution < 1.29 is 15.0 Å². The largest absolute Gasteiger partial charge is 0.395 e. The molecule has 2 aliphatic heterocycles. The van der Waals surface area contributed by atoms with Gasteiger partial charge in [0.25, 0.3) is 5.91 Å². The molecule has 1 aromatic rings. The summed E-state index contributed by atoms with van der Waals surface area (Å²) in [6, 6.07) is 3.78. The smallest absolute Gasteiger partial charge is 0.269 e. The van der Waals surface area contributed by atoms with E-state index in [4.69, 9.17) is 28.3 Å². The molecule has 2 N–H and O–H groups in total. The second kappa shape index (κ2) is 7.88. The van der Waals surface area contributed by atoms with Crippen LogP contribution in [-0.2, 0) is 11.3 Å². The van der Waals surface area contributed by atoms with E-state index in [0.717, 1.165) is 37.6 Å². The Morgan fingerprint density at radius 1 is 1.20 bits per heavy atom. The predicted molar refractivity (Wildman–Crippen MR) is 95.3 cm³/mol. The Morgan fingerprint density at radius 2 is 1.92 bits per heavy atom. The van der Waals surface area contributed by atoms with Crippen LogP contribution < -0.4 is 4.90 Å². The lowest BCUT2D eigenvalue weighted by Crippen LogP contribution is -2.47. The molecule has 0 radical (unpaired) electrons. The number of aromatic nitrogens is 1. The van der Waals surface area contributed by atoms with Gasteiger partial charge in [-0.05, 0) is 11.6 Å². The fraction of sp³-hybridized carbons (Fsp3) is 0.500. The number of hydrogen-bond acceptors (Lipinski definition) is 6. The molecule has 0 aliphatic carbocycles. The van der Waals surface area contributed by atoms with Crippen LogP contribution in [0.15, 0.2) is 28.4 Å². The van der Waals surface area contributed by atoms with E-state index >= 15 is 0 Å². The molecule has 25 heavy (non-hydrogen) atoms. The maximum Gasteiger partial charge on any atom is 0.269 e. The molecule has 0 bridgehead atoms. The van der Waals surface area contributed by atoms with Crippen LogP contribution in [0.1, 0.15) is 5.56 Å². The number of carbonyl (C=O) groups is 1. The van der Waals surface area contributed by atoms with E-state index in [-0.39, 0.29) is 23.2 Å². The fourth-order valence-corrected chi connectivity index (χ4v) is 3.39. The monoisotopic (exact) mass is 386 g/mol. The molecule has 0 saturated carbocycles. The first-order valence-electron chi connectivity index (χ1n) is 8.08. The molecule has 1 saturated heterocycles. The predicted octanol–water partition coefficient (Wildman–Crippen LogP) is 0.546. The molecule has 3 rings (SSSR count). The summed E-state index contributed by atoms with van der Waals surface area (Å²) in [5.41, 5.74) is 0.783. The zero-order valence-electron chi connectivity index (χ0n) is 13.6. The van der Waals surface area contributed by atoms with Crippen LogP contribution in [0.2, 0.25) is 0 Å². The number of pyridine rings is 1. The highest BCUT2D eigenvalue weighted by molar-refractivity contribution is 6.49. The van der Waals surface area contributed by atoms with Crippen LogP contribution in [-0.4, -0.2) is 76.5 Å². The highest BCUT2D eigenvalue weighted by Crippen LogP contribution is 2.31. The van der Waals surface area contributed by atoms with Crippen molar-refractivity contribution >= 4 is 34.9 Å². The van der Waals surface area contributed by atoms with E-state index in [1.54, 1.807) is 6.20 Å². The third kappa shape index (κ3) is 3.91. The zero-order valence-corrected chi connectivity index (χ0v) is 15.1. The molecule has 3 heterocycles. The SMILES string of the molecule is O=C1C(Cl)=C(Cl)C(O)N1Cc1ccc(N2CCN(CCO)CC2)nc1. The number of halogens is 2. The average molecular weight is 387 g/mol. The maximum atomic E-state index is 12.0. The number of aliphatic hydroxyl groups is 2. The van der Waals surface area contributed by atoms with Gasteiger partial charge in [-0.1, -0.05) is 29.3 Å². The summed E-state index contributed by atoms with van der Waals surface area (Å²) >= 11 is 11.6. The normalized spacial score (nSPS) is 22.2. The Morgan fingerprint density at radius 3 is 2.44 bits per heavy atom. The summed E-state index contributed by atoms with van der Waals surface area (Å²) in [6.45, 7) is 4.55. The second-order valence-corrected chi connectivity index (χ2v) is 6.83. The van der Waals surface area contributed by atoms with Gasteiger partial charge in [0.1, 0.15) is 10.9 Å². The van der Waals surface area contributed by atoms with Crippen LogP contribution in [0.4, 0.5) is 5.82 Å². The molecule has 2 aliphatic rings. The minimum absolute atomic E-state index is 0.0444. The molecule has 1 unspecified atom stereocenters. The molecule has 9 heteroatoms. The summed E-state index contributed by atoms with van der Waals surface area (Å²) in [5.74, 6) is 0.387. The van der Waals surface area contributed by atoms with Crippen molar-refractivity contribution in [2.24, 2.45) is 0 Å². The molecule has 0 aromatic carbocycles. The summed E-state index contributed by atoms with van der Waals surface area (Å²) in [6.07, 6.45) is 0.483. The summed E-state index contributed by atoms with van der Waals surface area (Å²) in [7, 11) is 0. The molecule has 1 aromatic heterocycles. The lowest BCUT2D eigenvalue weighted by molar-refractivity contribution is -0.132. The van der Waals surface area contributed by atoms with Crippen LogP contribution in [0, 0.1) is 0 Å². The first kappa shape index (κ1) is 18.4. The minimum atomic E-state index is -1.21. The molecule has 1 atom stereocenters. The lowest BCUT2D eigenvalue weighted by atomic mass is 10.2. The number of amides is 1. The Bertz CT molecular complexity index is 660. The number of nitrogens with zero attached hydrogens (tertiary/aromatic N) is 4. The van der Waals surface area contributed by atoms with E-state index in [2.05, 4.69) is 14.8 Å². The molecular formula is C16H20Cl2N4O3. The van der Waals surface area contributed by atoms with Gasteiger partial charge in [-0.25, -0.2) is 4.98 Å².